The molecule has 0 N–H and O–H groups in total. The van der Waals surface area contributed by atoms with Crippen LogP contribution in [0.15, 0.2) is 5.57 Å². The van der Waals surface area contributed by atoms with Gasteiger partial charge in [0.2, 0.25) is 0 Å². The molecule has 0 atom stereocenters. The van der Waals surface area contributed by atoms with Gasteiger partial charge in [-0.25, -0.2) is 0 Å². The maximum absolute atomic E-state index is 3.63. The van der Waals surface area contributed by atoms with Crippen molar-refractivity contribution in [3.8, 4) is 0 Å². The molecule has 0 spiro atoms. The normalized spacial score (nSPS) is 12.1. The van der Waals surface area contributed by atoms with Crippen LogP contribution in [0.25, 0.3) is 0 Å². The van der Waals surface area contributed by atoms with E-state index in [1.54, 1.807) is 5.57 Å². The first-order chi connectivity index (χ1) is 7.35. The number of hydrogen-bond donors (Lipinski definition) is 0. The predicted molar refractivity (Wildman–Crippen MR) is 69.9 cm³/mol. The van der Waals surface area contributed by atoms with E-state index in [9.17, 15) is 0 Å². The van der Waals surface area contributed by atoms with E-state index in [4.69, 9.17) is 0 Å². The van der Waals surface area contributed by atoms with Crippen molar-refractivity contribution in [2.75, 3.05) is 0 Å². The lowest BCUT2D eigenvalue weighted by molar-refractivity contribution is 0.667. The van der Waals surface area contributed by atoms with Crippen LogP contribution in [0.3, 0.4) is 0 Å². The third kappa shape index (κ3) is 10.0. The molecule has 0 aliphatic carbocycles. The molecule has 15 heavy (non-hydrogen) atoms. The highest BCUT2D eigenvalue weighted by Crippen LogP contribution is 2.16. The van der Waals surface area contributed by atoms with Gasteiger partial charge in [0.1, 0.15) is 0 Å². The number of unbranched alkanes of at least 4 members (excludes halogenated alkanes) is 5. The van der Waals surface area contributed by atoms with E-state index in [1.807, 2.05) is 0 Å². The minimum Gasteiger partial charge on any atom is -0.0667 e. The van der Waals surface area contributed by atoms with Gasteiger partial charge in [0, 0.05) is 0 Å². The van der Waals surface area contributed by atoms with Crippen molar-refractivity contribution in [2.24, 2.45) is 0 Å². The van der Waals surface area contributed by atoms with Gasteiger partial charge in [-0.3, -0.25) is 0 Å². The SMILES string of the molecule is CCCC/[C]=C(\CCCC)CCCCC. The lowest BCUT2D eigenvalue weighted by atomic mass is 10.0. The van der Waals surface area contributed by atoms with Gasteiger partial charge < -0.3 is 0 Å². The van der Waals surface area contributed by atoms with Gasteiger partial charge >= 0.3 is 0 Å². The summed E-state index contributed by atoms with van der Waals surface area (Å²) in [6.07, 6.45) is 16.8. The van der Waals surface area contributed by atoms with E-state index < -0.39 is 0 Å². The highest BCUT2D eigenvalue weighted by Gasteiger charge is 1.97. The van der Waals surface area contributed by atoms with Crippen LogP contribution in [0.2, 0.25) is 0 Å². The summed E-state index contributed by atoms with van der Waals surface area (Å²) in [5.74, 6) is 0. The van der Waals surface area contributed by atoms with Crippen LogP contribution < -0.4 is 0 Å². The fourth-order valence-electron chi connectivity index (χ4n) is 1.72. The number of hydrogen-bond acceptors (Lipinski definition) is 0. The Bertz CT molecular complexity index is 144. The van der Waals surface area contributed by atoms with E-state index in [-0.39, 0.29) is 0 Å². The summed E-state index contributed by atoms with van der Waals surface area (Å²) in [5, 5.41) is 0. The maximum Gasteiger partial charge on any atom is -0.0277 e. The molecule has 89 valence electrons. The van der Waals surface area contributed by atoms with Crippen molar-refractivity contribution in [1.82, 2.24) is 0 Å². The first kappa shape index (κ1) is 14.7. The van der Waals surface area contributed by atoms with Gasteiger partial charge in [0.25, 0.3) is 0 Å². The molecule has 0 saturated heterocycles. The van der Waals surface area contributed by atoms with E-state index in [0.29, 0.717) is 0 Å². The first-order valence-corrected chi connectivity index (χ1v) is 6.93. The Morgan fingerprint density at radius 1 is 0.733 bits per heavy atom. The highest BCUT2D eigenvalue weighted by atomic mass is 14.0. The smallest absolute Gasteiger partial charge is 0.0277 e. The number of rotatable bonds is 10. The maximum atomic E-state index is 3.63. The molecule has 0 unspecified atom stereocenters. The Kier molecular flexibility index (Phi) is 11.6. The Balaban J connectivity index is 3.76. The molecule has 0 bridgehead atoms. The molecule has 1 radical (unpaired) electrons. The van der Waals surface area contributed by atoms with E-state index in [1.165, 1.54) is 64.2 Å². The average Bonchev–Trinajstić information content (AvgIpc) is 2.25. The average molecular weight is 209 g/mol. The van der Waals surface area contributed by atoms with Gasteiger partial charge in [0.05, 0.1) is 0 Å². The minimum atomic E-state index is 1.18. The minimum absolute atomic E-state index is 1.18. The molecule has 0 aromatic heterocycles. The second-order valence-corrected chi connectivity index (χ2v) is 4.44. The topological polar surface area (TPSA) is 0 Å². The summed E-state index contributed by atoms with van der Waals surface area (Å²) < 4.78 is 0. The molecular weight excluding hydrogens is 180 g/mol. The standard InChI is InChI=1S/C15H29/c1-4-7-10-13-15(12-9-6-3)14-11-8-5-2/h4-13H2,1-3H3. The van der Waals surface area contributed by atoms with Gasteiger partial charge in [-0.1, -0.05) is 52.0 Å². The summed E-state index contributed by atoms with van der Waals surface area (Å²) in [5.41, 5.74) is 1.61. The second-order valence-electron chi connectivity index (χ2n) is 4.44. The lowest BCUT2D eigenvalue weighted by Crippen LogP contribution is -1.87. The zero-order valence-electron chi connectivity index (χ0n) is 11.1. The van der Waals surface area contributed by atoms with Crippen LogP contribution in [0.5, 0.6) is 0 Å². The van der Waals surface area contributed by atoms with Crippen molar-refractivity contribution in [2.45, 2.75) is 85.0 Å². The molecule has 0 aromatic carbocycles. The van der Waals surface area contributed by atoms with Gasteiger partial charge in [-0.15, -0.1) is 0 Å². The fraction of sp³-hybridized carbons (Fsp3) is 0.867. The van der Waals surface area contributed by atoms with Crippen LogP contribution in [-0.4, -0.2) is 0 Å². The zero-order valence-corrected chi connectivity index (χ0v) is 11.1. The van der Waals surface area contributed by atoms with Gasteiger partial charge in [0.15, 0.2) is 0 Å². The highest BCUT2D eigenvalue weighted by molar-refractivity contribution is 4.96. The lowest BCUT2D eigenvalue weighted by Gasteiger charge is -2.06. The largest absolute Gasteiger partial charge is 0.0667 e. The predicted octanol–water partition coefficient (Wildman–Crippen LogP) is 5.68. The van der Waals surface area contributed by atoms with Crippen molar-refractivity contribution in [3.05, 3.63) is 11.6 Å². The molecule has 0 amide bonds. The van der Waals surface area contributed by atoms with Crippen molar-refractivity contribution in [3.63, 3.8) is 0 Å². The first-order valence-electron chi connectivity index (χ1n) is 6.93. The molecule has 0 saturated carbocycles. The van der Waals surface area contributed by atoms with Crippen LogP contribution in [0.1, 0.15) is 85.0 Å². The molecule has 0 heterocycles. The van der Waals surface area contributed by atoms with Crippen molar-refractivity contribution in [1.29, 1.82) is 0 Å². The van der Waals surface area contributed by atoms with Crippen LogP contribution in [0.4, 0.5) is 0 Å². The summed E-state index contributed by atoms with van der Waals surface area (Å²) in [7, 11) is 0. The zero-order chi connectivity index (χ0) is 11.4. The van der Waals surface area contributed by atoms with E-state index in [2.05, 4.69) is 26.8 Å². The van der Waals surface area contributed by atoms with E-state index >= 15 is 0 Å². The molecule has 0 aliphatic rings. The summed E-state index contributed by atoms with van der Waals surface area (Å²) in [6, 6.07) is 0. The Labute approximate surface area is 97.2 Å². The van der Waals surface area contributed by atoms with Crippen molar-refractivity contribution < 1.29 is 0 Å². The van der Waals surface area contributed by atoms with Gasteiger partial charge in [-0.05, 0) is 44.6 Å². The third-order valence-corrected chi connectivity index (χ3v) is 2.82. The molecule has 0 aromatic rings. The molecular formula is C15H29. The molecule has 0 fully saturated rings. The van der Waals surface area contributed by atoms with Crippen LogP contribution in [0, 0.1) is 6.08 Å². The summed E-state index contributed by atoms with van der Waals surface area (Å²) in [4.78, 5) is 0. The third-order valence-electron chi connectivity index (χ3n) is 2.82. The molecule has 0 aliphatic heterocycles. The molecule has 0 nitrogen and oxygen atoms in total. The Morgan fingerprint density at radius 3 is 1.93 bits per heavy atom. The van der Waals surface area contributed by atoms with Crippen molar-refractivity contribution >= 4 is 0 Å². The summed E-state index contributed by atoms with van der Waals surface area (Å²) in [6.45, 7) is 6.80. The monoisotopic (exact) mass is 209 g/mol. The summed E-state index contributed by atoms with van der Waals surface area (Å²) >= 11 is 0. The Hall–Kier alpha value is -0.260. The molecule has 0 rings (SSSR count). The fourth-order valence-corrected chi connectivity index (χ4v) is 1.72. The van der Waals surface area contributed by atoms with E-state index in [0.717, 1.165) is 0 Å². The quantitative estimate of drug-likeness (QED) is 0.406. The van der Waals surface area contributed by atoms with Crippen LogP contribution >= 0.6 is 0 Å². The Morgan fingerprint density at radius 2 is 1.33 bits per heavy atom. The second kappa shape index (κ2) is 11.8. The van der Waals surface area contributed by atoms with Gasteiger partial charge in [-0.2, -0.15) is 0 Å². The van der Waals surface area contributed by atoms with Crippen LogP contribution in [-0.2, 0) is 0 Å². The number of allylic oxidation sites excluding steroid dienone is 2. The molecule has 0 heteroatoms.